The number of aliphatic hydroxyl groups excluding tert-OH is 2. The highest BCUT2D eigenvalue weighted by Crippen LogP contribution is 2.32. The van der Waals surface area contributed by atoms with Gasteiger partial charge in [-0.1, -0.05) is 0 Å². The van der Waals surface area contributed by atoms with Crippen molar-refractivity contribution in [3.63, 3.8) is 0 Å². The highest BCUT2D eigenvalue weighted by atomic mass is 16.5. The molecule has 0 aromatic carbocycles. The second-order valence-corrected chi connectivity index (χ2v) is 4.13. The Labute approximate surface area is 97.1 Å². The van der Waals surface area contributed by atoms with Crippen molar-refractivity contribution >= 4 is 0 Å². The van der Waals surface area contributed by atoms with E-state index in [9.17, 15) is 15.0 Å². The van der Waals surface area contributed by atoms with Crippen LogP contribution < -0.4 is 5.63 Å². The largest absolute Gasteiger partial charge is 0.480 e. The van der Waals surface area contributed by atoms with E-state index >= 15 is 0 Å². The fourth-order valence-electron chi connectivity index (χ4n) is 1.90. The van der Waals surface area contributed by atoms with Gasteiger partial charge in [0, 0.05) is 12.0 Å². The highest BCUT2D eigenvalue weighted by molar-refractivity contribution is 5.26. The molecule has 1 saturated heterocycles. The maximum Gasteiger partial charge on any atom is 0.344 e. The van der Waals surface area contributed by atoms with Crippen LogP contribution in [0.4, 0.5) is 0 Å². The van der Waals surface area contributed by atoms with E-state index in [4.69, 9.17) is 9.84 Å². The summed E-state index contributed by atoms with van der Waals surface area (Å²) >= 11 is 0. The van der Waals surface area contributed by atoms with Gasteiger partial charge in [-0.25, -0.2) is 4.79 Å². The SMILES string of the molecule is Cc1cc([C@@H]2C[C@@H](O)[C@H](CO)O2)c(=O)oc1O. The normalized spacial score (nSPS) is 28.5. The standard InChI is InChI=1S/C11H14O6/c1-5-2-6(11(15)17-10(5)14)8-3-7(13)9(4-12)16-8/h2,7-9,12-14H,3-4H2,1H3/t7-,8+,9+/m1/s1. The minimum Gasteiger partial charge on any atom is -0.480 e. The first-order chi connectivity index (χ1) is 8.02. The molecule has 1 aromatic rings. The van der Waals surface area contributed by atoms with Crippen molar-refractivity contribution in [1.29, 1.82) is 0 Å². The van der Waals surface area contributed by atoms with Gasteiger partial charge in [0.25, 0.3) is 5.95 Å². The van der Waals surface area contributed by atoms with Gasteiger partial charge in [0.2, 0.25) is 0 Å². The van der Waals surface area contributed by atoms with Crippen molar-refractivity contribution in [3.05, 3.63) is 27.6 Å². The summed E-state index contributed by atoms with van der Waals surface area (Å²) in [4.78, 5) is 11.5. The zero-order valence-electron chi connectivity index (χ0n) is 9.29. The molecule has 0 aliphatic carbocycles. The van der Waals surface area contributed by atoms with E-state index in [-0.39, 0.29) is 18.6 Å². The summed E-state index contributed by atoms with van der Waals surface area (Å²) in [6.07, 6.45) is -1.88. The molecule has 1 aliphatic heterocycles. The van der Waals surface area contributed by atoms with E-state index in [0.29, 0.717) is 5.56 Å². The lowest BCUT2D eigenvalue weighted by molar-refractivity contribution is -0.0234. The molecule has 1 fully saturated rings. The van der Waals surface area contributed by atoms with Gasteiger partial charge in [-0.05, 0) is 13.0 Å². The van der Waals surface area contributed by atoms with Crippen molar-refractivity contribution < 1.29 is 24.5 Å². The van der Waals surface area contributed by atoms with Gasteiger partial charge in [-0.3, -0.25) is 0 Å². The van der Waals surface area contributed by atoms with Crippen LogP contribution in [-0.2, 0) is 4.74 Å². The molecule has 0 amide bonds. The zero-order chi connectivity index (χ0) is 12.6. The predicted molar refractivity (Wildman–Crippen MR) is 56.7 cm³/mol. The predicted octanol–water partition coefficient (Wildman–Crippen LogP) is -0.163. The van der Waals surface area contributed by atoms with Crippen LogP contribution in [0.3, 0.4) is 0 Å². The van der Waals surface area contributed by atoms with Crippen LogP contribution in [0.25, 0.3) is 0 Å². The molecule has 0 spiro atoms. The molecule has 17 heavy (non-hydrogen) atoms. The van der Waals surface area contributed by atoms with Gasteiger partial charge in [0.1, 0.15) is 6.10 Å². The first-order valence-electron chi connectivity index (χ1n) is 5.31. The Morgan fingerprint density at radius 2 is 2.24 bits per heavy atom. The fourth-order valence-corrected chi connectivity index (χ4v) is 1.90. The number of ether oxygens (including phenoxy) is 1. The summed E-state index contributed by atoms with van der Waals surface area (Å²) in [6.45, 7) is 1.29. The summed E-state index contributed by atoms with van der Waals surface area (Å²) < 4.78 is 9.97. The highest BCUT2D eigenvalue weighted by Gasteiger charge is 2.36. The van der Waals surface area contributed by atoms with E-state index in [2.05, 4.69) is 4.42 Å². The molecular formula is C11H14O6. The van der Waals surface area contributed by atoms with Crippen LogP contribution in [0.5, 0.6) is 5.95 Å². The van der Waals surface area contributed by atoms with Gasteiger partial charge >= 0.3 is 5.63 Å². The van der Waals surface area contributed by atoms with Crippen molar-refractivity contribution in [2.75, 3.05) is 6.61 Å². The van der Waals surface area contributed by atoms with Crippen LogP contribution >= 0.6 is 0 Å². The number of rotatable bonds is 2. The Hall–Kier alpha value is -1.37. The summed E-state index contributed by atoms with van der Waals surface area (Å²) in [7, 11) is 0. The molecule has 6 nitrogen and oxygen atoms in total. The van der Waals surface area contributed by atoms with Crippen LogP contribution in [0, 0.1) is 6.92 Å². The molecule has 0 bridgehead atoms. The summed E-state index contributed by atoms with van der Waals surface area (Å²) in [5.74, 6) is -0.420. The molecule has 6 heteroatoms. The maximum atomic E-state index is 11.5. The zero-order valence-corrected chi connectivity index (χ0v) is 9.29. The topological polar surface area (TPSA) is 100 Å². The average molecular weight is 242 g/mol. The van der Waals surface area contributed by atoms with Gasteiger partial charge in [0.05, 0.1) is 24.4 Å². The third-order valence-electron chi connectivity index (χ3n) is 2.89. The maximum absolute atomic E-state index is 11.5. The summed E-state index contributed by atoms with van der Waals surface area (Å²) in [6, 6.07) is 1.47. The molecule has 2 rings (SSSR count). The van der Waals surface area contributed by atoms with Crippen molar-refractivity contribution in [2.45, 2.75) is 31.7 Å². The lowest BCUT2D eigenvalue weighted by atomic mass is 10.1. The molecule has 3 N–H and O–H groups in total. The second-order valence-electron chi connectivity index (χ2n) is 4.13. The Kier molecular flexibility index (Phi) is 3.19. The average Bonchev–Trinajstić information content (AvgIpc) is 2.65. The number of aliphatic hydroxyl groups is 2. The minimum absolute atomic E-state index is 0.222. The van der Waals surface area contributed by atoms with E-state index in [1.54, 1.807) is 6.92 Å². The first-order valence-corrected chi connectivity index (χ1v) is 5.31. The molecule has 2 heterocycles. The first kappa shape index (κ1) is 12.1. The third-order valence-corrected chi connectivity index (χ3v) is 2.89. The van der Waals surface area contributed by atoms with Crippen LogP contribution in [0.15, 0.2) is 15.3 Å². The molecule has 0 radical (unpaired) electrons. The molecular weight excluding hydrogens is 228 g/mol. The van der Waals surface area contributed by atoms with Gasteiger partial charge in [-0.15, -0.1) is 0 Å². The second kappa shape index (κ2) is 4.48. The Morgan fingerprint density at radius 1 is 1.53 bits per heavy atom. The lowest BCUT2D eigenvalue weighted by Gasteiger charge is -2.11. The van der Waals surface area contributed by atoms with Crippen molar-refractivity contribution in [1.82, 2.24) is 0 Å². The molecule has 1 aromatic heterocycles. The molecule has 1 aliphatic rings. The van der Waals surface area contributed by atoms with Crippen molar-refractivity contribution in [3.8, 4) is 5.95 Å². The monoisotopic (exact) mass is 242 g/mol. The number of hydrogen-bond donors (Lipinski definition) is 3. The number of hydrogen-bond acceptors (Lipinski definition) is 6. The van der Waals surface area contributed by atoms with E-state index in [0.717, 1.165) is 0 Å². The van der Waals surface area contributed by atoms with Crippen LogP contribution in [0.1, 0.15) is 23.7 Å². The fraction of sp³-hybridized carbons (Fsp3) is 0.545. The Balaban J connectivity index is 2.30. The van der Waals surface area contributed by atoms with Crippen LogP contribution in [0.2, 0.25) is 0 Å². The molecule has 0 unspecified atom stereocenters. The van der Waals surface area contributed by atoms with Gasteiger partial charge in [0.15, 0.2) is 0 Å². The van der Waals surface area contributed by atoms with E-state index in [1.165, 1.54) is 6.07 Å². The Bertz CT molecular complexity index is 466. The smallest absolute Gasteiger partial charge is 0.344 e. The third kappa shape index (κ3) is 2.19. The molecule has 3 atom stereocenters. The van der Waals surface area contributed by atoms with Gasteiger partial charge < -0.3 is 24.5 Å². The minimum atomic E-state index is -0.807. The number of aryl methyl sites for hydroxylation is 1. The van der Waals surface area contributed by atoms with E-state index < -0.39 is 29.9 Å². The lowest BCUT2D eigenvalue weighted by Crippen LogP contribution is -2.24. The van der Waals surface area contributed by atoms with E-state index in [1.807, 2.05) is 0 Å². The molecule has 94 valence electrons. The number of aromatic hydroxyl groups is 1. The van der Waals surface area contributed by atoms with Crippen LogP contribution in [-0.4, -0.2) is 34.1 Å². The quantitative estimate of drug-likeness (QED) is 0.666. The summed E-state index contributed by atoms with van der Waals surface area (Å²) in [5, 5.41) is 27.7. The Morgan fingerprint density at radius 3 is 2.82 bits per heavy atom. The summed E-state index contributed by atoms with van der Waals surface area (Å²) in [5.41, 5.74) is -0.0238. The van der Waals surface area contributed by atoms with Gasteiger partial charge in [-0.2, -0.15) is 0 Å². The van der Waals surface area contributed by atoms with Crippen molar-refractivity contribution in [2.24, 2.45) is 0 Å². The molecule has 0 saturated carbocycles.